The lowest BCUT2D eigenvalue weighted by Crippen LogP contribution is -2.42. The van der Waals surface area contributed by atoms with Gasteiger partial charge >= 0.3 is 0 Å². The number of nitrogens with one attached hydrogen (secondary N) is 1. The molecule has 2 rings (SSSR count). The molecule has 0 radical (unpaired) electrons. The average molecular weight is 227 g/mol. The second-order valence-electron chi connectivity index (χ2n) is 3.80. The van der Waals surface area contributed by atoms with Gasteiger partial charge in [-0.15, -0.1) is 0 Å². The number of halogens is 1. The molecule has 1 saturated heterocycles. The number of hydrogen-bond acceptors (Lipinski definition) is 3. The highest BCUT2D eigenvalue weighted by atomic mass is 35.5. The van der Waals surface area contributed by atoms with Gasteiger partial charge in [0, 0.05) is 43.3 Å². The fraction of sp³-hybridized carbons (Fsp3) is 0.455. The molecule has 0 atom stereocenters. The Morgan fingerprint density at radius 1 is 1.33 bits per heavy atom. The van der Waals surface area contributed by atoms with E-state index in [4.69, 9.17) is 11.6 Å². The van der Waals surface area contributed by atoms with Crippen molar-refractivity contribution < 1.29 is 5.11 Å². The highest BCUT2D eigenvalue weighted by molar-refractivity contribution is 6.30. The zero-order valence-corrected chi connectivity index (χ0v) is 9.30. The van der Waals surface area contributed by atoms with Crippen LogP contribution in [0, 0.1) is 0 Å². The Morgan fingerprint density at radius 2 is 2.07 bits per heavy atom. The molecule has 0 unspecified atom stereocenters. The van der Waals surface area contributed by atoms with Gasteiger partial charge in [0.2, 0.25) is 0 Å². The molecule has 0 saturated carbocycles. The van der Waals surface area contributed by atoms with Gasteiger partial charge in [0.05, 0.1) is 0 Å². The number of phenolic OH excluding ortho intramolecular Hbond substituents is 1. The van der Waals surface area contributed by atoms with Crippen LogP contribution in [0.1, 0.15) is 5.56 Å². The van der Waals surface area contributed by atoms with Crippen molar-refractivity contribution >= 4 is 11.6 Å². The van der Waals surface area contributed by atoms with Crippen molar-refractivity contribution in [2.75, 3.05) is 26.2 Å². The van der Waals surface area contributed by atoms with Crippen LogP contribution >= 0.6 is 11.6 Å². The Hall–Kier alpha value is -0.770. The molecular weight excluding hydrogens is 212 g/mol. The van der Waals surface area contributed by atoms with Crippen LogP contribution in [-0.4, -0.2) is 36.2 Å². The standard InChI is InChI=1S/C11H15ClN2O/c12-10-2-1-9(11(15)7-10)8-14-5-3-13-4-6-14/h1-2,7,13,15H,3-6,8H2. The van der Waals surface area contributed by atoms with Gasteiger partial charge in [0.1, 0.15) is 5.75 Å². The summed E-state index contributed by atoms with van der Waals surface area (Å²) in [5, 5.41) is 13.6. The highest BCUT2D eigenvalue weighted by Gasteiger charge is 2.11. The first-order valence-electron chi connectivity index (χ1n) is 5.16. The van der Waals surface area contributed by atoms with Crippen LogP contribution in [0.4, 0.5) is 0 Å². The summed E-state index contributed by atoms with van der Waals surface area (Å²) in [6.07, 6.45) is 0. The maximum atomic E-state index is 9.70. The molecule has 0 bridgehead atoms. The molecule has 0 amide bonds. The van der Waals surface area contributed by atoms with Crippen LogP contribution in [0.25, 0.3) is 0 Å². The largest absolute Gasteiger partial charge is 0.508 e. The van der Waals surface area contributed by atoms with E-state index in [1.807, 2.05) is 12.1 Å². The molecule has 1 aliphatic rings. The quantitative estimate of drug-likeness (QED) is 0.802. The SMILES string of the molecule is Oc1cc(Cl)ccc1CN1CCNCC1. The van der Waals surface area contributed by atoms with Gasteiger partial charge in [-0.3, -0.25) is 4.90 Å². The monoisotopic (exact) mass is 226 g/mol. The number of rotatable bonds is 2. The van der Waals surface area contributed by atoms with Crippen molar-refractivity contribution in [2.45, 2.75) is 6.54 Å². The van der Waals surface area contributed by atoms with Crippen LogP contribution in [0.15, 0.2) is 18.2 Å². The summed E-state index contributed by atoms with van der Waals surface area (Å²) in [5.41, 5.74) is 0.946. The van der Waals surface area contributed by atoms with Gasteiger partial charge < -0.3 is 10.4 Å². The number of benzene rings is 1. The van der Waals surface area contributed by atoms with Gasteiger partial charge in [-0.25, -0.2) is 0 Å². The molecule has 1 aromatic carbocycles. The minimum absolute atomic E-state index is 0.293. The highest BCUT2D eigenvalue weighted by Crippen LogP contribution is 2.23. The molecule has 0 spiro atoms. The van der Waals surface area contributed by atoms with Gasteiger partial charge in [-0.1, -0.05) is 17.7 Å². The summed E-state index contributed by atoms with van der Waals surface area (Å²) < 4.78 is 0. The second-order valence-corrected chi connectivity index (χ2v) is 4.24. The van der Waals surface area contributed by atoms with E-state index in [0.717, 1.165) is 38.3 Å². The molecule has 3 nitrogen and oxygen atoms in total. The Bertz CT molecular complexity index is 337. The summed E-state index contributed by atoms with van der Waals surface area (Å²) in [7, 11) is 0. The molecule has 4 heteroatoms. The number of piperazine rings is 1. The van der Waals surface area contributed by atoms with Gasteiger partial charge in [0.25, 0.3) is 0 Å². The first-order chi connectivity index (χ1) is 7.25. The lowest BCUT2D eigenvalue weighted by Gasteiger charge is -2.27. The van der Waals surface area contributed by atoms with Gasteiger partial charge in [0.15, 0.2) is 0 Å². The van der Waals surface area contributed by atoms with Crippen molar-refractivity contribution in [3.8, 4) is 5.75 Å². The van der Waals surface area contributed by atoms with E-state index < -0.39 is 0 Å². The van der Waals surface area contributed by atoms with Crippen LogP contribution in [-0.2, 0) is 6.54 Å². The lowest BCUT2D eigenvalue weighted by atomic mass is 10.2. The molecule has 1 fully saturated rings. The zero-order valence-electron chi connectivity index (χ0n) is 8.54. The van der Waals surface area contributed by atoms with Crippen molar-refractivity contribution in [3.63, 3.8) is 0 Å². The number of hydrogen-bond donors (Lipinski definition) is 2. The average Bonchev–Trinajstić information content (AvgIpc) is 2.24. The Labute approximate surface area is 94.7 Å². The Balaban J connectivity index is 2.03. The normalized spacial score (nSPS) is 17.9. The molecular formula is C11H15ClN2O. The molecule has 0 aliphatic carbocycles. The summed E-state index contributed by atoms with van der Waals surface area (Å²) in [6.45, 7) is 4.90. The van der Waals surface area contributed by atoms with E-state index in [1.165, 1.54) is 0 Å². The number of phenols is 1. The second kappa shape index (κ2) is 4.84. The third-order valence-corrected chi connectivity index (χ3v) is 2.89. The van der Waals surface area contributed by atoms with Gasteiger partial charge in [-0.2, -0.15) is 0 Å². The van der Waals surface area contributed by atoms with E-state index >= 15 is 0 Å². The molecule has 15 heavy (non-hydrogen) atoms. The molecule has 2 N–H and O–H groups in total. The van der Waals surface area contributed by atoms with Crippen molar-refractivity contribution in [3.05, 3.63) is 28.8 Å². The molecule has 1 aromatic rings. The smallest absolute Gasteiger partial charge is 0.121 e. The Kier molecular flexibility index (Phi) is 3.46. The minimum Gasteiger partial charge on any atom is -0.508 e. The minimum atomic E-state index is 0.293. The number of aromatic hydroxyl groups is 1. The summed E-state index contributed by atoms with van der Waals surface area (Å²) in [5.74, 6) is 0.293. The van der Waals surface area contributed by atoms with Crippen molar-refractivity contribution in [1.29, 1.82) is 0 Å². The van der Waals surface area contributed by atoms with Crippen molar-refractivity contribution in [1.82, 2.24) is 10.2 Å². The van der Waals surface area contributed by atoms with Gasteiger partial charge in [-0.05, 0) is 12.1 Å². The van der Waals surface area contributed by atoms with Crippen LogP contribution in [0.3, 0.4) is 0 Å². The summed E-state index contributed by atoms with van der Waals surface area (Å²) >= 11 is 5.78. The van der Waals surface area contributed by atoms with Crippen molar-refractivity contribution in [2.24, 2.45) is 0 Å². The fourth-order valence-corrected chi connectivity index (χ4v) is 1.95. The first kappa shape index (κ1) is 10.7. The first-order valence-corrected chi connectivity index (χ1v) is 5.54. The summed E-state index contributed by atoms with van der Waals surface area (Å²) in [6, 6.07) is 5.30. The maximum Gasteiger partial charge on any atom is 0.121 e. The number of nitrogens with zero attached hydrogens (tertiary/aromatic N) is 1. The maximum absolute atomic E-state index is 9.70. The molecule has 1 heterocycles. The van der Waals surface area contributed by atoms with E-state index in [-0.39, 0.29) is 0 Å². The Morgan fingerprint density at radius 3 is 2.73 bits per heavy atom. The van der Waals surface area contributed by atoms with E-state index in [2.05, 4.69) is 10.2 Å². The van der Waals surface area contributed by atoms with Crippen LogP contribution in [0.2, 0.25) is 5.02 Å². The fourth-order valence-electron chi connectivity index (χ4n) is 1.78. The van der Waals surface area contributed by atoms with Crippen LogP contribution < -0.4 is 5.32 Å². The third kappa shape index (κ3) is 2.84. The topological polar surface area (TPSA) is 35.5 Å². The molecule has 82 valence electrons. The zero-order chi connectivity index (χ0) is 10.7. The molecule has 1 aliphatic heterocycles. The summed E-state index contributed by atoms with van der Waals surface area (Å²) in [4.78, 5) is 2.32. The van der Waals surface area contributed by atoms with Crippen LogP contribution in [0.5, 0.6) is 5.75 Å². The lowest BCUT2D eigenvalue weighted by molar-refractivity contribution is 0.230. The van der Waals surface area contributed by atoms with E-state index in [9.17, 15) is 5.11 Å². The molecule has 0 aromatic heterocycles. The predicted molar refractivity (Wildman–Crippen MR) is 61.3 cm³/mol. The van der Waals surface area contributed by atoms with E-state index in [1.54, 1.807) is 6.07 Å². The van der Waals surface area contributed by atoms with E-state index in [0.29, 0.717) is 10.8 Å². The third-order valence-electron chi connectivity index (χ3n) is 2.65. The predicted octanol–water partition coefficient (Wildman–Crippen LogP) is 1.45.